The molecule has 1 rings (SSSR count). The quantitative estimate of drug-likeness (QED) is 0.723. The monoisotopic (exact) mass is 254 g/mol. The minimum Gasteiger partial charge on any atom is -0.506 e. The summed E-state index contributed by atoms with van der Waals surface area (Å²) in [6, 6.07) is 4.02. The Morgan fingerprint density at radius 2 is 2.24 bits per heavy atom. The highest BCUT2D eigenvalue weighted by Crippen LogP contribution is 2.26. The number of halogens is 1. The molecular weight excluding hydrogens is 240 g/mol. The van der Waals surface area contributed by atoms with E-state index in [4.69, 9.17) is 11.6 Å². The highest BCUT2D eigenvalue weighted by atomic mass is 35.5. The molecule has 5 heteroatoms. The van der Waals surface area contributed by atoms with Gasteiger partial charge in [0.1, 0.15) is 5.75 Å². The molecule has 2 amide bonds. The SMILES string of the molecule is CC/C(C)=C/NC(=O)Nc1cc(Cl)ccc1O. The summed E-state index contributed by atoms with van der Waals surface area (Å²) in [7, 11) is 0. The Hall–Kier alpha value is -1.68. The second-order valence-electron chi connectivity index (χ2n) is 3.60. The highest BCUT2D eigenvalue weighted by Gasteiger charge is 2.05. The van der Waals surface area contributed by atoms with Gasteiger partial charge in [-0.1, -0.05) is 24.1 Å². The smallest absolute Gasteiger partial charge is 0.323 e. The Morgan fingerprint density at radius 1 is 1.53 bits per heavy atom. The fraction of sp³-hybridized carbons (Fsp3) is 0.250. The van der Waals surface area contributed by atoms with E-state index in [1.54, 1.807) is 12.3 Å². The Bertz CT molecular complexity index is 444. The molecule has 0 heterocycles. The maximum absolute atomic E-state index is 11.5. The summed E-state index contributed by atoms with van der Waals surface area (Å²) in [5.41, 5.74) is 1.33. The Kier molecular flexibility index (Phi) is 4.84. The Labute approximate surface area is 105 Å². The van der Waals surface area contributed by atoms with E-state index in [2.05, 4.69) is 10.6 Å². The van der Waals surface area contributed by atoms with Crippen molar-refractivity contribution < 1.29 is 9.90 Å². The lowest BCUT2D eigenvalue weighted by Crippen LogP contribution is -2.24. The van der Waals surface area contributed by atoms with Crippen molar-refractivity contribution in [3.05, 3.63) is 35.0 Å². The largest absolute Gasteiger partial charge is 0.506 e. The molecule has 0 saturated heterocycles. The molecule has 0 aliphatic heterocycles. The number of carbonyl (C=O) groups is 1. The van der Waals surface area contributed by atoms with E-state index < -0.39 is 6.03 Å². The van der Waals surface area contributed by atoms with Crippen LogP contribution in [0.1, 0.15) is 20.3 Å². The van der Waals surface area contributed by atoms with Crippen LogP contribution in [-0.4, -0.2) is 11.1 Å². The number of phenolic OH excluding ortho intramolecular Hbond substituents is 1. The predicted molar refractivity (Wildman–Crippen MR) is 69.3 cm³/mol. The fourth-order valence-electron chi connectivity index (χ4n) is 1.06. The molecule has 0 aromatic heterocycles. The number of carbonyl (C=O) groups excluding carboxylic acids is 1. The maximum Gasteiger partial charge on any atom is 0.323 e. The standard InChI is InChI=1S/C12H15ClN2O2/c1-3-8(2)7-14-12(17)15-10-6-9(13)4-5-11(10)16/h4-7,16H,3H2,1-2H3,(H2,14,15,17)/b8-7+. The molecule has 0 atom stereocenters. The van der Waals surface area contributed by atoms with Crippen LogP contribution in [-0.2, 0) is 0 Å². The van der Waals surface area contributed by atoms with Gasteiger partial charge >= 0.3 is 6.03 Å². The van der Waals surface area contributed by atoms with Crippen molar-refractivity contribution in [2.24, 2.45) is 0 Å². The van der Waals surface area contributed by atoms with Crippen LogP contribution in [0.2, 0.25) is 5.02 Å². The van der Waals surface area contributed by atoms with Crippen molar-refractivity contribution in [3.8, 4) is 5.75 Å². The van der Waals surface area contributed by atoms with E-state index in [1.807, 2.05) is 13.8 Å². The third kappa shape index (κ3) is 4.36. The Balaban J connectivity index is 2.65. The van der Waals surface area contributed by atoms with Crippen molar-refractivity contribution >= 4 is 23.3 Å². The van der Waals surface area contributed by atoms with Crippen LogP contribution >= 0.6 is 11.6 Å². The third-order valence-corrected chi connectivity index (χ3v) is 2.45. The summed E-state index contributed by atoms with van der Waals surface area (Å²) in [5, 5.41) is 15.0. The summed E-state index contributed by atoms with van der Waals surface area (Å²) in [4.78, 5) is 11.5. The van der Waals surface area contributed by atoms with Gasteiger partial charge in [0.05, 0.1) is 5.69 Å². The number of amides is 2. The first kappa shape index (κ1) is 13.4. The molecule has 1 aromatic carbocycles. The van der Waals surface area contributed by atoms with Gasteiger partial charge in [-0.3, -0.25) is 0 Å². The number of nitrogens with one attached hydrogen (secondary N) is 2. The zero-order valence-corrected chi connectivity index (χ0v) is 10.5. The van der Waals surface area contributed by atoms with Crippen LogP contribution in [0.3, 0.4) is 0 Å². The first-order valence-corrected chi connectivity index (χ1v) is 5.62. The van der Waals surface area contributed by atoms with Gasteiger partial charge in [-0.05, 0) is 31.5 Å². The van der Waals surface area contributed by atoms with Crippen LogP contribution in [0, 0.1) is 0 Å². The number of hydrogen-bond acceptors (Lipinski definition) is 2. The molecule has 92 valence electrons. The van der Waals surface area contributed by atoms with Gasteiger partial charge in [-0.15, -0.1) is 0 Å². The first-order valence-electron chi connectivity index (χ1n) is 5.24. The average molecular weight is 255 g/mol. The van der Waals surface area contributed by atoms with Gasteiger partial charge in [-0.25, -0.2) is 4.79 Å². The van der Waals surface area contributed by atoms with Crippen molar-refractivity contribution in [2.45, 2.75) is 20.3 Å². The Morgan fingerprint density at radius 3 is 2.88 bits per heavy atom. The number of allylic oxidation sites excluding steroid dienone is 1. The van der Waals surface area contributed by atoms with E-state index >= 15 is 0 Å². The lowest BCUT2D eigenvalue weighted by molar-refractivity contribution is 0.255. The van der Waals surface area contributed by atoms with Crippen LogP contribution in [0.25, 0.3) is 0 Å². The highest BCUT2D eigenvalue weighted by molar-refractivity contribution is 6.31. The molecule has 4 nitrogen and oxygen atoms in total. The molecule has 0 radical (unpaired) electrons. The van der Waals surface area contributed by atoms with Gasteiger partial charge in [0.2, 0.25) is 0 Å². The summed E-state index contributed by atoms with van der Waals surface area (Å²) >= 11 is 5.76. The van der Waals surface area contributed by atoms with Crippen molar-refractivity contribution in [2.75, 3.05) is 5.32 Å². The van der Waals surface area contributed by atoms with Gasteiger partial charge in [-0.2, -0.15) is 0 Å². The number of aromatic hydroxyl groups is 1. The molecule has 0 fully saturated rings. The van der Waals surface area contributed by atoms with Crippen molar-refractivity contribution in [1.82, 2.24) is 5.32 Å². The van der Waals surface area contributed by atoms with E-state index in [9.17, 15) is 9.90 Å². The number of urea groups is 1. The zero-order valence-electron chi connectivity index (χ0n) is 9.75. The lowest BCUT2D eigenvalue weighted by atomic mass is 10.2. The number of phenols is 1. The van der Waals surface area contributed by atoms with E-state index in [0.717, 1.165) is 12.0 Å². The molecule has 0 spiro atoms. The maximum atomic E-state index is 11.5. The van der Waals surface area contributed by atoms with Crippen LogP contribution in [0.15, 0.2) is 30.0 Å². The minimum absolute atomic E-state index is 0.0271. The van der Waals surface area contributed by atoms with Crippen molar-refractivity contribution in [1.29, 1.82) is 0 Å². The molecule has 0 aliphatic carbocycles. The summed E-state index contributed by atoms with van der Waals surface area (Å²) < 4.78 is 0. The normalized spacial score (nSPS) is 11.1. The second kappa shape index (κ2) is 6.15. The van der Waals surface area contributed by atoms with E-state index in [1.165, 1.54) is 12.1 Å². The lowest BCUT2D eigenvalue weighted by Gasteiger charge is -2.07. The summed E-state index contributed by atoms with van der Waals surface area (Å²) in [6.45, 7) is 3.91. The average Bonchev–Trinajstić information content (AvgIpc) is 2.30. The predicted octanol–water partition coefficient (Wildman–Crippen LogP) is 3.48. The topological polar surface area (TPSA) is 61.4 Å². The van der Waals surface area contributed by atoms with Gasteiger partial charge < -0.3 is 15.7 Å². The molecule has 3 N–H and O–H groups in total. The molecule has 0 unspecified atom stereocenters. The fourth-order valence-corrected chi connectivity index (χ4v) is 1.23. The second-order valence-corrected chi connectivity index (χ2v) is 4.04. The molecule has 1 aromatic rings. The molecule has 17 heavy (non-hydrogen) atoms. The molecule has 0 saturated carbocycles. The first-order chi connectivity index (χ1) is 8.02. The number of benzene rings is 1. The van der Waals surface area contributed by atoms with E-state index in [0.29, 0.717) is 5.02 Å². The summed E-state index contributed by atoms with van der Waals surface area (Å²) in [5.74, 6) is -0.0271. The molecular formula is C12H15ClN2O2. The van der Waals surface area contributed by atoms with Crippen LogP contribution in [0.5, 0.6) is 5.75 Å². The van der Waals surface area contributed by atoms with Gasteiger partial charge in [0.15, 0.2) is 0 Å². The number of anilines is 1. The van der Waals surface area contributed by atoms with Crippen LogP contribution in [0.4, 0.5) is 10.5 Å². The molecule has 0 aliphatic rings. The summed E-state index contributed by atoms with van der Waals surface area (Å²) in [6.07, 6.45) is 2.49. The van der Waals surface area contributed by atoms with Gasteiger partial charge in [0.25, 0.3) is 0 Å². The van der Waals surface area contributed by atoms with E-state index in [-0.39, 0.29) is 11.4 Å². The third-order valence-electron chi connectivity index (χ3n) is 2.21. The number of rotatable bonds is 3. The van der Waals surface area contributed by atoms with Crippen LogP contribution < -0.4 is 10.6 Å². The van der Waals surface area contributed by atoms with Gasteiger partial charge in [0, 0.05) is 11.2 Å². The zero-order chi connectivity index (χ0) is 12.8. The molecule has 0 bridgehead atoms. The van der Waals surface area contributed by atoms with Crippen molar-refractivity contribution in [3.63, 3.8) is 0 Å². The minimum atomic E-state index is -0.421. The number of hydrogen-bond donors (Lipinski definition) is 3.